The monoisotopic (exact) mass is 389 g/mol. The van der Waals surface area contributed by atoms with Crippen LogP contribution in [0.25, 0.3) is 0 Å². The Hall–Kier alpha value is -2.28. The van der Waals surface area contributed by atoms with E-state index in [0.717, 1.165) is 11.3 Å². The predicted octanol–water partition coefficient (Wildman–Crippen LogP) is 2.34. The first-order valence-electron chi connectivity index (χ1n) is 9.86. The number of ether oxygens (including phenoxy) is 3. The summed E-state index contributed by atoms with van der Waals surface area (Å²) >= 11 is 0. The summed E-state index contributed by atoms with van der Waals surface area (Å²) in [5.41, 5.74) is -0.940. The maximum absolute atomic E-state index is 12.9. The van der Waals surface area contributed by atoms with E-state index in [1.165, 1.54) is 0 Å². The second-order valence-electron chi connectivity index (χ2n) is 8.42. The first kappa shape index (κ1) is 19.1. The number of carboxylic acid groups (broad SMARTS) is 1. The molecule has 0 radical (unpaired) electrons. The van der Waals surface area contributed by atoms with E-state index < -0.39 is 16.9 Å². The lowest BCUT2D eigenvalue weighted by Gasteiger charge is -2.58. The number of carbonyl (C=O) groups excluding carboxylic acids is 1. The van der Waals surface area contributed by atoms with Crippen molar-refractivity contribution in [3.8, 4) is 11.5 Å². The van der Waals surface area contributed by atoms with Crippen molar-refractivity contribution in [1.82, 2.24) is 5.32 Å². The van der Waals surface area contributed by atoms with Crippen LogP contribution in [-0.4, -0.2) is 48.4 Å². The Balaban J connectivity index is 1.45. The van der Waals surface area contributed by atoms with Gasteiger partial charge in [0, 0.05) is 24.4 Å². The van der Waals surface area contributed by atoms with E-state index in [2.05, 4.69) is 5.32 Å². The van der Waals surface area contributed by atoms with Crippen LogP contribution in [0.4, 0.5) is 0 Å². The van der Waals surface area contributed by atoms with Gasteiger partial charge < -0.3 is 24.6 Å². The Bertz CT molecular complexity index is 806. The number of benzene rings is 1. The second kappa shape index (κ2) is 6.65. The maximum atomic E-state index is 12.9. The number of nitrogens with one attached hydrogen (secondary N) is 1. The quantitative estimate of drug-likeness (QED) is 0.776. The summed E-state index contributed by atoms with van der Waals surface area (Å²) in [6.07, 6.45) is 0.814. The Morgan fingerprint density at radius 2 is 1.96 bits per heavy atom. The van der Waals surface area contributed by atoms with Gasteiger partial charge in [-0.2, -0.15) is 0 Å². The van der Waals surface area contributed by atoms with Crippen LogP contribution < -0.4 is 14.8 Å². The van der Waals surface area contributed by atoms with Gasteiger partial charge in [0.15, 0.2) is 11.5 Å². The normalized spacial score (nSPS) is 32.2. The van der Waals surface area contributed by atoms with E-state index in [9.17, 15) is 14.7 Å². The highest BCUT2D eigenvalue weighted by Crippen LogP contribution is 2.54. The highest BCUT2D eigenvalue weighted by Gasteiger charge is 2.67. The maximum Gasteiger partial charge on any atom is 0.330 e. The van der Waals surface area contributed by atoms with Crippen LogP contribution in [0.2, 0.25) is 0 Å². The average Bonchev–Trinajstić information content (AvgIpc) is 3.47. The van der Waals surface area contributed by atoms with E-state index in [1.54, 1.807) is 0 Å². The van der Waals surface area contributed by atoms with Crippen molar-refractivity contribution in [2.75, 3.05) is 19.8 Å². The van der Waals surface area contributed by atoms with Crippen molar-refractivity contribution in [3.05, 3.63) is 23.8 Å². The summed E-state index contributed by atoms with van der Waals surface area (Å²) in [7, 11) is 0. The van der Waals surface area contributed by atoms with Crippen molar-refractivity contribution in [2.45, 2.75) is 51.2 Å². The van der Waals surface area contributed by atoms with Crippen LogP contribution in [0.5, 0.6) is 11.5 Å². The molecule has 2 saturated carbocycles. The number of amides is 1. The number of fused-ring (bicyclic) bond motifs is 1. The molecule has 2 N–H and O–H groups in total. The predicted molar refractivity (Wildman–Crippen MR) is 101 cm³/mol. The topological polar surface area (TPSA) is 94.1 Å². The summed E-state index contributed by atoms with van der Waals surface area (Å²) in [4.78, 5) is 24.9. The zero-order valence-corrected chi connectivity index (χ0v) is 16.5. The number of hydrogen-bond donors (Lipinski definition) is 2. The molecule has 4 rings (SSSR count). The SMILES string of the molecule is CCOC1CC(NC(=O)C2CC2c2ccc3c(c2)OCCO3)(C(=O)O)C1(C)C. The lowest BCUT2D eigenvalue weighted by Crippen LogP contribution is -2.76. The minimum Gasteiger partial charge on any atom is -0.486 e. The van der Waals surface area contributed by atoms with E-state index in [1.807, 2.05) is 39.0 Å². The standard InChI is InChI=1S/C21H27NO6/c1-4-26-17-11-21(19(24)25,20(17,2)3)22-18(23)14-10-13(14)12-5-6-15-16(9-12)28-8-7-27-15/h5-6,9,13-14,17H,4,7-8,10-11H2,1-3H3,(H,22,23)(H,24,25). The molecular formula is C21H27NO6. The molecule has 0 saturated heterocycles. The molecular weight excluding hydrogens is 362 g/mol. The lowest BCUT2D eigenvalue weighted by atomic mass is 9.54. The van der Waals surface area contributed by atoms with Gasteiger partial charge in [0.1, 0.15) is 18.8 Å². The van der Waals surface area contributed by atoms with Gasteiger partial charge >= 0.3 is 5.97 Å². The molecule has 0 bridgehead atoms. The van der Waals surface area contributed by atoms with Crippen molar-refractivity contribution < 1.29 is 28.9 Å². The zero-order chi connectivity index (χ0) is 20.1. The molecule has 1 amide bonds. The second-order valence-corrected chi connectivity index (χ2v) is 8.42. The van der Waals surface area contributed by atoms with Crippen molar-refractivity contribution in [1.29, 1.82) is 0 Å². The molecule has 4 unspecified atom stereocenters. The Morgan fingerprint density at radius 1 is 1.25 bits per heavy atom. The van der Waals surface area contributed by atoms with Crippen molar-refractivity contribution in [2.24, 2.45) is 11.3 Å². The summed E-state index contributed by atoms with van der Waals surface area (Å²) in [6.45, 7) is 7.15. The molecule has 28 heavy (non-hydrogen) atoms. The number of rotatable bonds is 6. The zero-order valence-electron chi connectivity index (χ0n) is 16.5. The molecule has 0 aromatic heterocycles. The molecule has 0 spiro atoms. The summed E-state index contributed by atoms with van der Waals surface area (Å²) in [6, 6.07) is 5.76. The molecule has 1 heterocycles. The minimum atomic E-state index is -1.29. The Labute approximate surface area is 164 Å². The van der Waals surface area contributed by atoms with Gasteiger partial charge in [0.2, 0.25) is 5.91 Å². The largest absolute Gasteiger partial charge is 0.486 e. The van der Waals surface area contributed by atoms with Crippen LogP contribution >= 0.6 is 0 Å². The van der Waals surface area contributed by atoms with Gasteiger partial charge in [0.05, 0.1) is 6.10 Å². The first-order chi connectivity index (χ1) is 13.3. The highest BCUT2D eigenvalue weighted by molar-refractivity contribution is 5.92. The first-order valence-corrected chi connectivity index (χ1v) is 9.86. The average molecular weight is 389 g/mol. The van der Waals surface area contributed by atoms with Gasteiger partial charge in [-0.05, 0) is 37.0 Å². The smallest absolute Gasteiger partial charge is 0.330 e. The molecule has 3 aliphatic rings. The van der Waals surface area contributed by atoms with Crippen LogP contribution in [0, 0.1) is 11.3 Å². The molecule has 1 aromatic rings. The van der Waals surface area contributed by atoms with Crippen LogP contribution in [0.15, 0.2) is 18.2 Å². The van der Waals surface area contributed by atoms with Crippen LogP contribution in [-0.2, 0) is 14.3 Å². The summed E-state index contributed by atoms with van der Waals surface area (Å²) < 4.78 is 16.8. The molecule has 1 aliphatic heterocycles. The third-order valence-electron chi connectivity index (χ3n) is 6.59. The molecule has 4 atom stereocenters. The highest BCUT2D eigenvalue weighted by atomic mass is 16.6. The van der Waals surface area contributed by atoms with Gasteiger partial charge in [-0.3, -0.25) is 4.79 Å². The fourth-order valence-electron chi connectivity index (χ4n) is 4.48. The van der Waals surface area contributed by atoms with Gasteiger partial charge in [-0.25, -0.2) is 4.79 Å². The fourth-order valence-corrected chi connectivity index (χ4v) is 4.48. The van der Waals surface area contributed by atoms with E-state index in [0.29, 0.717) is 32.0 Å². The van der Waals surface area contributed by atoms with Crippen LogP contribution in [0.1, 0.15) is 45.1 Å². The summed E-state index contributed by atoms with van der Waals surface area (Å²) in [5, 5.41) is 12.7. The van der Waals surface area contributed by atoms with E-state index in [-0.39, 0.29) is 30.3 Å². The third-order valence-corrected chi connectivity index (χ3v) is 6.59. The van der Waals surface area contributed by atoms with Crippen LogP contribution in [0.3, 0.4) is 0 Å². The van der Waals surface area contributed by atoms with E-state index in [4.69, 9.17) is 14.2 Å². The van der Waals surface area contributed by atoms with E-state index >= 15 is 0 Å². The fraction of sp³-hybridized carbons (Fsp3) is 0.619. The molecule has 152 valence electrons. The van der Waals surface area contributed by atoms with Crippen molar-refractivity contribution in [3.63, 3.8) is 0 Å². The Kier molecular flexibility index (Phi) is 4.53. The number of hydrogen-bond acceptors (Lipinski definition) is 5. The molecule has 7 heteroatoms. The molecule has 1 aromatic carbocycles. The third kappa shape index (κ3) is 2.83. The van der Waals surface area contributed by atoms with Gasteiger partial charge in [-0.15, -0.1) is 0 Å². The molecule has 2 aliphatic carbocycles. The number of carbonyl (C=O) groups is 2. The minimum absolute atomic E-state index is 0.0764. The van der Waals surface area contributed by atoms with Gasteiger partial charge in [0.25, 0.3) is 0 Å². The van der Waals surface area contributed by atoms with Gasteiger partial charge in [-0.1, -0.05) is 19.9 Å². The Morgan fingerprint density at radius 3 is 2.61 bits per heavy atom. The lowest BCUT2D eigenvalue weighted by molar-refractivity contribution is -0.194. The molecule has 7 nitrogen and oxygen atoms in total. The number of aliphatic carboxylic acids is 1. The molecule has 2 fully saturated rings. The summed E-state index contributed by atoms with van der Waals surface area (Å²) in [5.74, 6) is 0.0769. The number of carboxylic acids is 1. The van der Waals surface area contributed by atoms with Crippen molar-refractivity contribution >= 4 is 11.9 Å².